The minimum absolute atomic E-state index is 0.283. The van der Waals surface area contributed by atoms with Crippen LogP contribution < -0.4 is 4.74 Å². The summed E-state index contributed by atoms with van der Waals surface area (Å²) in [6.45, 7) is 0. The maximum absolute atomic E-state index is 5.80. The number of nitrogens with zero attached hydrogens (tertiary/aromatic N) is 3. The van der Waals surface area contributed by atoms with E-state index in [1.807, 2.05) is 0 Å². The predicted molar refractivity (Wildman–Crippen MR) is 72.8 cm³/mol. The molecule has 1 aromatic carbocycles. The molecule has 0 fully saturated rings. The van der Waals surface area contributed by atoms with Crippen LogP contribution in [0.2, 0.25) is 5.02 Å². The van der Waals surface area contributed by atoms with E-state index in [1.165, 1.54) is 6.20 Å². The van der Waals surface area contributed by atoms with Crippen molar-refractivity contribution in [1.29, 1.82) is 0 Å². The monoisotopic (exact) mass is 294 g/mol. The molecule has 5 nitrogen and oxygen atoms in total. The molecule has 1 N–H and O–H groups in total. The van der Waals surface area contributed by atoms with Crippen LogP contribution in [0.3, 0.4) is 0 Å². The third kappa shape index (κ3) is 2.62. The van der Waals surface area contributed by atoms with E-state index in [2.05, 4.69) is 19.9 Å². The molecule has 0 spiro atoms. The number of aromatic amines is 1. The van der Waals surface area contributed by atoms with Crippen LogP contribution >= 0.6 is 23.2 Å². The Bertz CT molecular complexity index is 711. The third-order valence-corrected chi connectivity index (χ3v) is 2.90. The molecule has 0 aliphatic rings. The Morgan fingerprint density at radius 2 is 1.95 bits per heavy atom. The van der Waals surface area contributed by atoms with Crippen molar-refractivity contribution in [2.75, 3.05) is 0 Å². The summed E-state index contributed by atoms with van der Waals surface area (Å²) >= 11 is 11.5. The molecule has 19 heavy (non-hydrogen) atoms. The number of benzene rings is 1. The molecular weight excluding hydrogens is 287 g/mol. The summed E-state index contributed by atoms with van der Waals surface area (Å²) in [5, 5.41) is 0.647. The summed E-state index contributed by atoms with van der Waals surface area (Å²) in [5.41, 5.74) is 1.06. The Labute approximate surface area is 118 Å². The van der Waals surface area contributed by atoms with Crippen LogP contribution in [0.5, 0.6) is 11.6 Å². The highest BCUT2D eigenvalue weighted by Gasteiger charge is 2.07. The highest BCUT2D eigenvalue weighted by molar-refractivity contribution is 6.30. The molecule has 2 aromatic heterocycles. The standard InChI is InChI=1S/C12H8Cl2N4O/c13-5-9-16-11-12(17-9)18-10(6-15-11)19-8-3-1-7(14)2-4-8/h1-4,6H,5H2,(H,15,16,17,18). The first kappa shape index (κ1) is 12.2. The van der Waals surface area contributed by atoms with Gasteiger partial charge in [0, 0.05) is 5.02 Å². The number of halogens is 2. The van der Waals surface area contributed by atoms with Crippen molar-refractivity contribution in [3.8, 4) is 11.6 Å². The highest BCUT2D eigenvalue weighted by Crippen LogP contribution is 2.22. The number of alkyl halides is 1. The zero-order valence-electron chi connectivity index (χ0n) is 9.60. The zero-order chi connectivity index (χ0) is 13.2. The predicted octanol–water partition coefficient (Wildman–Crippen LogP) is 3.54. The van der Waals surface area contributed by atoms with Gasteiger partial charge in [0.25, 0.3) is 0 Å². The third-order valence-electron chi connectivity index (χ3n) is 2.40. The van der Waals surface area contributed by atoms with Crippen LogP contribution in [0.1, 0.15) is 5.82 Å². The quantitative estimate of drug-likeness (QED) is 0.751. The number of imidazole rings is 1. The van der Waals surface area contributed by atoms with Gasteiger partial charge in [-0.3, -0.25) is 0 Å². The van der Waals surface area contributed by atoms with Crippen molar-refractivity contribution >= 4 is 34.5 Å². The second kappa shape index (κ2) is 5.03. The number of aromatic nitrogens is 4. The number of rotatable bonds is 3. The van der Waals surface area contributed by atoms with Crippen LogP contribution in [0.4, 0.5) is 0 Å². The average molecular weight is 295 g/mol. The molecule has 3 rings (SSSR count). The summed E-state index contributed by atoms with van der Waals surface area (Å²) in [4.78, 5) is 15.5. The lowest BCUT2D eigenvalue weighted by atomic mass is 10.3. The summed E-state index contributed by atoms with van der Waals surface area (Å²) in [6, 6.07) is 6.99. The van der Waals surface area contributed by atoms with E-state index >= 15 is 0 Å². The molecule has 0 aliphatic carbocycles. The van der Waals surface area contributed by atoms with Crippen molar-refractivity contribution in [2.24, 2.45) is 0 Å². The molecule has 3 aromatic rings. The molecule has 2 heterocycles. The molecule has 0 unspecified atom stereocenters. The van der Waals surface area contributed by atoms with Gasteiger partial charge in [0.05, 0.1) is 12.1 Å². The Morgan fingerprint density at radius 1 is 1.16 bits per heavy atom. The van der Waals surface area contributed by atoms with Crippen LogP contribution in [0, 0.1) is 0 Å². The molecule has 0 aliphatic heterocycles. The van der Waals surface area contributed by atoms with E-state index < -0.39 is 0 Å². The van der Waals surface area contributed by atoms with Crippen LogP contribution in [0.25, 0.3) is 11.3 Å². The fourth-order valence-corrected chi connectivity index (χ4v) is 1.81. The fourth-order valence-electron chi connectivity index (χ4n) is 1.56. The van der Waals surface area contributed by atoms with Gasteiger partial charge < -0.3 is 9.72 Å². The number of H-pyrrole nitrogens is 1. The number of fused-ring (bicyclic) bond motifs is 1. The van der Waals surface area contributed by atoms with Gasteiger partial charge >= 0.3 is 0 Å². The number of ether oxygens (including phenoxy) is 1. The SMILES string of the molecule is ClCc1nc2ncc(Oc3ccc(Cl)cc3)nc2[nH]1. The van der Waals surface area contributed by atoms with Crippen molar-refractivity contribution in [3.05, 3.63) is 41.3 Å². The lowest BCUT2D eigenvalue weighted by molar-refractivity contribution is 0.462. The van der Waals surface area contributed by atoms with E-state index in [4.69, 9.17) is 27.9 Å². The largest absolute Gasteiger partial charge is 0.437 e. The number of nitrogens with one attached hydrogen (secondary N) is 1. The van der Waals surface area contributed by atoms with Gasteiger partial charge in [0.1, 0.15) is 11.6 Å². The van der Waals surface area contributed by atoms with Gasteiger partial charge in [-0.25, -0.2) is 9.97 Å². The second-order valence-electron chi connectivity index (χ2n) is 3.75. The smallest absolute Gasteiger partial charge is 0.239 e. The maximum atomic E-state index is 5.80. The second-order valence-corrected chi connectivity index (χ2v) is 4.46. The lowest BCUT2D eigenvalue weighted by Crippen LogP contribution is -1.90. The first-order chi connectivity index (χ1) is 9.24. The van der Waals surface area contributed by atoms with E-state index in [0.29, 0.717) is 33.8 Å². The molecule has 0 amide bonds. The van der Waals surface area contributed by atoms with Gasteiger partial charge in [-0.1, -0.05) is 11.6 Å². The van der Waals surface area contributed by atoms with Crippen LogP contribution in [-0.2, 0) is 5.88 Å². The summed E-state index contributed by atoms with van der Waals surface area (Å²) in [6.07, 6.45) is 1.51. The molecule has 0 radical (unpaired) electrons. The van der Waals surface area contributed by atoms with Gasteiger partial charge in [-0.15, -0.1) is 11.6 Å². The van der Waals surface area contributed by atoms with Crippen molar-refractivity contribution in [3.63, 3.8) is 0 Å². The molecule has 7 heteroatoms. The Morgan fingerprint density at radius 3 is 2.68 bits per heavy atom. The molecule has 0 saturated heterocycles. The van der Waals surface area contributed by atoms with Gasteiger partial charge in [0.15, 0.2) is 11.3 Å². The summed E-state index contributed by atoms with van der Waals surface area (Å²) in [5.74, 6) is 1.92. The number of hydrogen-bond acceptors (Lipinski definition) is 4. The van der Waals surface area contributed by atoms with E-state index in [-0.39, 0.29) is 5.88 Å². The van der Waals surface area contributed by atoms with E-state index in [0.717, 1.165) is 0 Å². The van der Waals surface area contributed by atoms with Crippen LogP contribution in [-0.4, -0.2) is 19.9 Å². The van der Waals surface area contributed by atoms with Gasteiger partial charge in [-0.05, 0) is 24.3 Å². The molecule has 0 saturated carbocycles. The van der Waals surface area contributed by atoms with Gasteiger partial charge in [-0.2, -0.15) is 4.98 Å². The fraction of sp³-hybridized carbons (Fsp3) is 0.0833. The maximum Gasteiger partial charge on any atom is 0.239 e. The number of hydrogen-bond donors (Lipinski definition) is 1. The Balaban J connectivity index is 1.90. The van der Waals surface area contributed by atoms with Gasteiger partial charge in [0.2, 0.25) is 5.88 Å². The van der Waals surface area contributed by atoms with Crippen molar-refractivity contribution in [2.45, 2.75) is 5.88 Å². The minimum atomic E-state index is 0.283. The topological polar surface area (TPSA) is 63.7 Å². The van der Waals surface area contributed by atoms with Crippen molar-refractivity contribution in [1.82, 2.24) is 19.9 Å². The average Bonchev–Trinajstić information content (AvgIpc) is 2.83. The van der Waals surface area contributed by atoms with Crippen LogP contribution in [0.15, 0.2) is 30.5 Å². The normalized spacial score (nSPS) is 10.8. The van der Waals surface area contributed by atoms with E-state index in [1.54, 1.807) is 24.3 Å². The Hall–Kier alpha value is -1.85. The highest BCUT2D eigenvalue weighted by atomic mass is 35.5. The summed E-state index contributed by atoms with van der Waals surface area (Å²) in [7, 11) is 0. The lowest BCUT2D eigenvalue weighted by Gasteiger charge is -2.03. The molecule has 0 atom stereocenters. The molecule has 0 bridgehead atoms. The summed E-state index contributed by atoms with van der Waals surface area (Å²) < 4.78 is 5.57. The Kier molecular flexibility index (Phi) is 3.23. The zero-order valence-corrected chi connectivity index (χ0v) is 11.1. The molecule has 96 valence electrons. The van der Waals surface area contributed by atoms with E-state index in [9.17, 15) is 0 Å². The first-order valence-electron chi connectivity index (χ1n) is 5.45. The minimum Gasteiger partial charge on any atom is -0.437 e. The first-order valence-corrected chi connectivity index (χ1v) is 6.37. The molecular formula is C12H8Cl2N4O. The van der Waals surface area contributed by atoms with Crippen molar-refractivity contribution < 1.29 is 4.74 Å².